The highest BCUT2D eigenvalue weighted by molar-refractivity contribution is 7.12. The normalized spacial score (nSPS) is 12.9. The summed E-state index contributed by atoms with van der Waals surface area (Å²) in [4.78, 5) is 8.68. The van der Waals surface area contributed by atoms with Crippen molar-refractivity contribution in [3.8, 4) is 0 Å². The summed E-state index contributed by atoms with van der Waals surface area (Å²) in [5, 5.41) is 4.75. The van der Waals surface area contributed by atoms with Crippen LogP contribution in [0.5, 0.6) is 0 Å². The third kappa shape index (κ3) is 3.64. The van der Waals surface area contributed by atoms with E-state index in [4.69, 9.17) is 0 Å². The van der Waals surface area contributed by atoms with Gasteiger partial charge >= 0.3 is 0 Å². The Morgan fingerprint density at radius 1 is 1.22 bits per heavy atom. The minimum Gasteiger partial charge on any atom is -0.309 e. The molecule has 0 radical (unpaired) electrons. The van der Waals surface area contributed by atoms with Gasteiger partial charge in [-0.25, -0.2) is 4.98 Å². The van der Waals surface area contributed by atoms with Gasteiger partial charge in [-0.15, -0.1) is 22.7 Å². The van der Waals surface area contributed by atoms with Gasteiger partial charge in [0.05, 0.1) is 10.7 Å². The van der Waals surface area contributed by atoms with Crippen LogP contribution in [0.3, 0.4) is 0 Å². The molecule has 0 aliphatic heterocycles. The lowest BCUT2D eigenvalue weighted by atomic mass is 10.2. The van der Waals surface area contributed by atoms with E-state index in [1.54, 1.807) is 11.3 Å². The molecule has 0 fully saturated rings. The molecular formula is C14H20N2S2. The molecule has 0 saturated carbocycles. The molecule has 1 unspecified atom stereocenters. The van der Waals surface area contributed by atoms with Gasteiger partial charge in [-0.3, -0.25) is 0 Å². The summed E-state index contributed by atoms with van der Waals surface area (Å²) in [5.41, 5.74) is 1.17. The monoisotopic (exact) mass is 280 g/mol. The van der Waals surface area contributed by atoms with Crippen molar-refractivity contribution in [1.29, 1.82) is 0 Å². The van der Waals surface area contributed by atoms with Gasteiger partial charge in [0, 0.05) is 27.2 Å². The standard InChI is InChI=1S/C14H20N2S2/c1-9(7-13-6-5-10(2)17-13)15-8-14-11(3)16-12(4)18-14/h5-6,9,15H,7-8H2,1-4H3. The molecule has 2 aromatic heterocycles. The van der Waals surface area contributed by atoms with Crippen molar-refractivity contribution in [2.45, 2.75) is 46.7 Å². The SMILES string of the molecule is Cc1ccc(CC(C)NCc2sc(C)nc2C)s1. The fourth-order valence-corrected chi connectivity index (χ4v) is 3.88. The van der Waals surface area contributed by atoms with Crippen LogP contribution in [0.15, 0.2) is 12.1 Å². The van der Waals surface area contributed by atoms with E-state index in [0.29, 0.717) is 6.04 Å². The first-order valence-corrected chi connectivity index (χ1v) is 7.89. The molecule has 0 aromatic carbocycles. The summed E-state index contributed by atoms with van der Waals surface area (Å²) >= 11 is 3.69. The molecule has 0 aliphatic carbocycles. The van der Waals surface area contributed by atoms with Gasteiger partial charge in [0.2, 0.25) is 0 Å². The Hall–Kier alpha value is -0.710. The van der Waals surface area contributed by atoms with E-state index in [0.717, 1.165) is 18.0 Å². The number of aromatic nitrogens is 1. The highest BCUT2D eigenvalue weighted by atomic mass is 32.1. The van der Waals surface area contributed by atoms with E-state index >= 15 is 0 Å². The Morgan fingerprint density at radius 2 is 2.00 bits per heavy atom. The van der Waals surface area contributed by atoms with Crippen molar-refractivity contribution >= 4 is 22.7 Å². The van der Waals surface area contributed by atoms with Gasteiger partial charge in [-0.2, -0.15) is 0 Å². The molecule has 4 heteroatoms. The number of thiophene rings is 1. The van der Waals surface area contributed by atoms with Crippen LogP contribution < -0.4 is 5.32 Å². The van der Waals surface area contributed by atoms with E-state index < -0.39 is 0 Å². The number of thiazole rings is 1. The maximum absolute atomic E-state index is 4.46. The number of aryl methyl sites for hydroxylation is 3. The zero-order valence-electron chi connectivity index (χ0n) is 11.4. The highest BCUT2D eigenvalue weighted by Gasteiger charge is 2.08. The third-order valence-corrected chi connectivity index (χ3v) is 5.01. The van der Waals surface area contributed by atoms with Gasteiger partial charge < -0.3 is 5.32 Å². The number of hydrogen-bond donors (Lipinski definition) is 1. The van der Waals surface area contributed by atoms with Crippen LogP contribution in [-0.4, -0.2) is 11.0 Å². The molecule has 2 nitrogen and oxygen atoms in total. The van der Waals surface area contributed by atoms with Crippen molar-refractivity contribution < 1.29 is 0 Å². The molecule has 2 rings (SSSR count). The first-order valence-electron chi connectivity index (χ1n) is 6.26. The van der Waals surface area contributed by atoms with Crippen molar-refractivity contribution in [3.63, 3.8) is 0 Å². The fourth-order valence-electron chi connectivity index (χ4n) is 1.97. The zero-order chi connectivity index (χ0) is 13.1. The number of nitrogens with one attached hydrogen (secondary N) is 1. The second-order valence-electron chi connectivity index (χ2n) is 4.74. The Morgan fingerprint density at radius 3 is 2.56 bits per heavy atom. The van der Waals surface area contributed by atoms with Gasteiger partial charge in [0.1, 0.15) is 0 Å². The number of hydrogen-bond acceptors (Lipinski definition) is 4. The Bertz CT molecular complexity index is 514. The Balaban J connectivity index is 1.85. The van der Waals surface area contributed by atoms with E-state index in [1.165, 1.54) is 20.3 Å². The van der Waals surface area contributed by atoms with Crippen molar-refractivity contribution in [2.24, 2.45) is 0 Å². The highest BCUT2D eigenvalue weighted by Crippen LogP contribution is 2.19. The van der Waals surface area contributed by atoms with E-state index in [9.17, 15) is 0 Å². The van der Waals surface area contributed by atoms with Crippen molar-refractivity contribution in [1.82, 2.24) is 10.3 Å². The van der Waals surface area contributed by atoms with Crippen molar-refractivity contribution in [2.75, 3.05) is 0 Å². The van der Waals surface area contributed by atoms with Crippen LogP contribution >= 0.6 is 22.7 Å². The minimum atomic E-state index is 0.504. The van der Waals surface area contributed by atoms with Crippen LogP contribution in [0.2, 0.25) is 0 Å². The van der Waals surface area contributed by atoms with Gasteiger partial charge in [0.15, 0.2) is 0 Å². The fraction of sp³-hybridized carbons (Fsp3) is 0.500. The molecule has 0 aliphatic rings. The summed E-state index contributed by atoms with van der Waals surface area (Å²) in [6, 6.07) is 4.94. The summed E-state index contributed by atoms with van der Waals surface area (Å²) in [6.07, 6.45) is 1.11. The third-order valence-electron chi connectivity index (χ3n) is 2.91. The molecule has 1 N–H and O–H groups in total. The summed E-state index contributed by atoms with van der Waals surface area (Å²) in [7, 11) is 0. The molecule has 0 amide bonds. The molecule has 0 spiro atoms. The molecule has 0 saturated heterocycles. The van der Waals surface area contributed by atoms with Gasteiger partial charge in [-0.1, -0.05) is 0 Å². The quantitative estimate of drug-likeness (QED) is 0.900. The van der Waals surface area contributed by atoms with Crippen LogP contribution in [0, 0.1) is 20.8 Å². The lowest BCUT2D eigenvalue weighted by Gasteiger charge is -2.12. The second kappa shape index (κ2) is 5.95. The molecule has 18 heavy (non-hydrogen) atoms. The summed E-state index contributed by atoms with van der Waals surface area (Å²) in [6.45, 7) is 9.50. The molecule has 1 atom stereocenters. The largest absolute Gasteiger partial charge is 0.309 e. The average Bonchev–Trinajstić information content (AvgIpc) is 2.82. The van der Waals surface area contributed by atoms with Crippen LogP contribution in [0.1, 0.15) is 32.3 Å². The van der Waals surface area contributed by atoms with E-state index in [2.05, 4.69) is 50.1 Å². The second-order valence-corrected chi connectivity index (χ2v) is 7.40. The van der Waals surface area contributed by atoms with Crippen molar-refractivity contribution in [3.05, 3.63) is 37.5 Å². The zero-order valence-corrected chi connectivity index (χ0v) is 13.0. The first kappa shape index (κ1) is 13.7. The smallest absolute Gasteiger partial charge is 0.0900 e. The summed E-state index contributed by atoms with van der Waals surface area (Å²) in [5.74, 6) is 0. The molecule has 2 heterocycles. The van der Waals surface area contributed by atoms with Crippen LogP contribution in [-0.2, 0) is 13.0 Å². The van der Waals surface area contributed by atoms with E-state index in [1.807, 2.05) is 11.3 Å². The Labute approximate surface area is 117 Å². The topological polar surface area (TPSA) is 24.9 Å². The Kier molecular flexibility index (Phi) is 4.54. The van der Waals surface area contributed by atoms with Gasteiger partial charge in [0.25, 0.3) is 0 Å². The molecular weight excluding hydrogens is 260 g/mol. The van der Waals surface area contributed by atoms with E-state index in [-0.39, 0.29) is 0 Å². The predicted molar refractivity (Wildman–Crippen MR) is 80.6 cm³/mol. The first-order chi connectivity index (χ1) is 8.54. The number of nitrogens with zero attached hydrogens (tertiary/aromatic N) is 1. The van der Waals surface area contributed by atoms with Crippen LogP contribution in [0.25, 0.3) is 0 Å². The molecule has 2 aromatic rings. The average molecular weight is 280 g/mol. The maximum Gasteiger partial charge on any atom is 0.0900 e. The lowest BCUT2D eigenvalue weighted by molar-refractivity contribution is 0.551. The van der Waals surface area contributed by atoms with Gasteiger partial charge in [-0.05, 0) is 46.2 Å². The van der Waals surface area contributed by atoms with Crippen LogP contribution in [0.4, 0.5) is 0 Å². The maximum atomic E-state index is 4.46. The predicted octanol–water partition coefficient (Wildman–Crippen LogP) is 3.85. The summed E-state index contributed by atoms with van der Waals surface area (Å²) < 4.78 is 0. The molecule has 98 valence electrons. The molecule has 0 bridgehead atoms. The minimum absolute atomic E-state index is 0.504. The number of rotatable bonds is 5. The lowest BCUT2D eigenvalue weighted by Crippen LogP contribution is -2.27.